The van der Waals surface area contributed by atoms with Crippen LogP contribution in [0.3, 0.4) is 0 Å². The van der Waals surface area contributed by atoms with E-state index in [1.807, 2.05) is 11.0 Å². The molecule has 0 aromatic rings. The minimum absolute atomic E-state index is 0.216. The first-order valence-corrected chi connectivity index (χ1v) is 7.24. The SMILES string of the molecule is COC(=O)/C=C/C(=O)OCC(CN1C=CC1)OC(=O)/C=C/C(=O)OC. The fourth-order valence-corrected chi connectivity index (χ4v) is 1.61. The smallest absolute Gasteiger partial charge is 0.331 e. The Morgan fingerprint density at radius 2 is 1.48 bits per heavy atom. The molecule has 1 atom stereocenters. The van der Waals surface area contributed by atoms with Crippen LogP contribution < -0.4 is 0 Å². The molecule has 136 valence electrons. The zero-order valence-electron chi connectivity index (χ0n) is 13.9. The van der Waals surface area contributed by atoms with Gasteiger partial charge >= 0.3 is 23.9 Å². The highest BCUT2D eigenvalue weighted by Crippen LogP contribution is 2.07. The van der Waals surface area contributed by atoms with Crippen LogP contribution in [0.5, 0.6) is 0 Å². The van der Waals surface area contributed by atoms with Gasteiger partial charge in [-0.3, -0.25) is 0 Å². The van der Waals surface area contributed by atoms with Crippen molar-refractivity contribution in [2.45, 2.75) is 6.10 Å². The summed E-state index contributed by atoms with van der Waals surface area (Å²) in [5.41, 5.74) is 0. The predicted octanol–water partition coefficient (Wildman–Crippen LogP) is -0.271. The van der Waals surface area contributed by atoms with Crippen LogP contribution in [0.25, 0.3) is 0 Å². The van der Waals surface area contributed by atoms with E-state index in [4.69, 9.17) is 9.47 Å². The number of esters is 4. The van der Waals surface area contributed by atoms with Gasteiger partial charge in [-0.1, -0.05) is 0 Å². The molecule has 0 bridgehead atoms. The second-order valence-electron chi connectivity index (χ2n) is 4.74. The van der Waals surface area contributed by atoms with Crippen LogP contribution in [0, 0.1) is 0 Å². The molecule has 0 aliphatic carbocycles. The zero-order chi connectivity index (χ0) is 18.7. The highest BCUT2D eigenvalue weighted by molar-refractivity contribution is 5.92. The second kappa shape index (κ2) is 10.6. The molecule has 25 heavy (non-hydrogen) atoms. The third kappa shape index (κ3) is 8.35. The maximum Gasteiger partial charge on any atom is 0.331 e. The third-order valence-electron chi connectivity index (χ3n) is 2.90. The van der Waals surface area contributed by atoms with Gasteiger partial charge < -0.3 is 23.8 Å². The number of carbonyl (C=O) groups is 4. The van der Waals surface area contributed by atoms with Gasteiger partial charge in [-0.25, -0.2) is 19.2 Å². The lowest BCUT2D eigenvalue weighted by atomic mass is 10.3. The molecule has 0 radical (unpaired) electrons. The molecule has 0 fully saturated rings. The van der Waals surface area contributed by atoms with Crippen molar-refractivity contribution in [2.24, 2.45) is 0 Å². The first-order chi connectivity index (χ1) is 11.9. The number of carbonyl (C=O) groups excluding carboxylic acids is 4. The lowest BCUT2D eigenvalue weighted by Crippen LogP contribution is -2.38. The molecule has 1 aliphatic heterocycles. The van der Waals surface area contributed by atoms with Gasteiger partial charge in [0, 0.05) is 30.8 Å². The quantitative estimate of drug-likeness (QED) is 0.314. The number of hydrogen-bond acceptors (Lipinski definition) is 9. The zero-order valence-corrected chi connectivity index (χ0v) is 13.9. The molecule has 0 N–H and O–H groups in total. The van der Waals surface area contributed by atoms with E-state index in [1.165, 1.54) is 14.2 Å². The lowest BCUT2D eigenvalue weighted by molar-refractivity contribution is -0.153. The van der Waals surface area contributed by atoms with Gasteiger partial charge in [0.2, 0.25) is 0 Å². The van der Waals surface area contributed by atoms with Gasteiger partial charge in [-0.2, -0.15) is 0 Å². The van der Waals surface area contributed by atoms with Crippen molar-refractivity contribution in [1.29, 1.82) is 0 Å². The van der Waals surface area contributed by atoms with Crippen LogP contribution >= 0.6 is 0 Å². The summed E-state index contributed by atoms with van der Waals surface area (Å²) in [6.45, 7) is 0.775. The van der Waals surface area contributed by atoms with Crippen LogP contribution in [-0.4, -0.2) is 68.8 Å². The van der Waals surface area contributed by atoms with Gasteiger partial charge in [-0.05, 0) is 12.3 Å². The van der Waals surface area contributed by atoms with Crippen molar-refractivity contribution < 1.29 is 38.1 Å². The summed E-state index contributed by atoms with van der Waals surface area (Å²) in [6, 6.07) is 0. The molecule has 0 aromatic heterocycles. The monoisotopic (exact) mass is 353 g/mol. The van der Waals surface area contributed by atoms with E-state index in [0.29, 0.717) is 13.1 Å². The van der Waals surface area contributed by atoms with Crippen molar-refractivity contribution in [2.75, 3.05) is 33.9 Å². The van der Waals surface area contributed by atoms with Crippen molar-refractivity contribution in [3.63, 3.8) is 0 Å². The number of hydrogen-bond donors (Lipinski definition) is 0. The highest BCUT2D eigenvalue weighted by Gasteiger charge is 2.19. The lowest BCUT2D eigenvalue weighted by Gasteiger charge is -2.29. The normalized spacial score (nSPS) is 14.1. The Morgan fingerprint density at radius 1 is 0.960 bits per heavy atom. The third-order valence-corrected chi connectivity index (χ3v) is 2.90. The summed E-state index contributed by atoms with van der Waals surface area (Å²) >= 11 is 0. The summed E-state index contributed by atoms with van der Waals surface area (Å²) in [6.07, 6.45) is 6.62. The van der Waals surface area contributed by atoms with Gasteiger partial charge in [-0.15, -0.1) is 0 Å². The van der Waals surface area contributed by atoms with Gasteiger partial charge in [0.1, 0.15) is 6.61 Å². The topological polar surface area (TPSA) is 108 Å². The average molecular weight is 353 g/mol. The summed E-state index contributed by atoms with van der Waals surface area (Å²) in [4.78, 5) is 46.9. The molecule has 0 amide bonds. The van der Waals surface area contributed by atoms with Crippen molar-refractivity contribution in [1.82, 2.24) is 4.90 Å². The standard InChI is InChI=1S/C16H19NO8/c1-22-13(18)4-6-15(20)24-11-12(10-17-8-3-9-17)25-16(21)7-5-14(19)23-2/h3-8,12H,9-11H2,1-2H3/b6-4+,7-5+. The van der Waals surface area contributed by atoms with Crippen molar-refractivity contribution in [3.05, 3.63) is 36.6 Å². The van der Waals surface area contributed by atoms with Crippen molar-refractivity contribution in [3.8, 4) is 0 Å². The van der Waals surface area contributed by atoms with Crippen LogP contribution in [0.15, 0.2) is 36.6 Å². The fourth-order valence-electron chi connectivity index (χ4n) is 1.61. The Labute approximate surface area is 144 Å². The molecule has 0 aromatic carbocycles. The number of methoxy groups -OCH3 is 2. The molecular formula is C16H19NO8. The maximum atomic E-state index is 11.7. The summed E-state index contributed by atoms with van der Waals surface area (Å²) in [5, 5.41) is 0. The largest absolute Gasteiger partial charge is 0.466 e. The Kier molecular flexibility index (Phi) is 8.48. The summed E-state index contributed by atoms with van der Waals surface area (Å²) in [7, 11) is 2.36. The molecule has 1 unspecified atom stereocenters. The summed E-state index contributed by atoms with van der Waals surface area (Å²) in [5.74, 6) is -2.95. The van der Waals surface area contributed by atoms with Crippen LogP contribution in [-0.2, 0) is 38.1 Å². The van der Waals surface area contributed by atoms with E-state index in [-0.39, 0.29) is 6.61 Å². The Balaban J connectivity index is 2.53. The Bertz CT molecular complexity index is 593. The second-order valence-corrected chi connectivity index (χ2v) is 4.74. The molecule has 0 spiro atoms. The molecule has 1 rings (SSSR count). The minimum atomic E-state index is -0.782. The molecular weight excluding hydrogens is 334 g/mol. The van der Waals surface area contributed by atoms with Crippen LogP contribution in [0.1, 0.15) is 0 Å². The van der Waals surface area contributed by atoms with E-state index in [2.05, 4.69) is 9.47 Å². The van der Waals surface area contributed by atoms with E-state index in [0.717, 1.165) is 24.3 Å². The highest BCUT2D eigenvalue weighted by atomic mass is 16.6. The number of ether oxygens (including phenoxy) is 4. The fraction of sp³-hybridized carbons (Fsp3) is 0.375. The minimum Gasteiger partial charge on any atom is -0.466 e. The van der Waals surface area contributed by atoms with E-state index >= 15 is 0 Å². The summed E-state index contributed by atoms with van der Waals surface area (Å²) < 4.78 is 18.8. The van der Waals surface area contributed by atoms with Gasteiger partial charge in [0.15, 0.2) is 6.10 Å². The Morgan fingerprint density at radius 3 is 1.96 bits per heavy atom. The first-order valence-electron chi connectivity index (χ1n) is 7.24. The van der Waals surface area contributed by atoms with E-state index in [9.17, 15) is 19.2 Å². The molecule has 0 saturated carbocycles. The molecule has 9 nitrogen and oxygen atoms in total. The van der Waals surface area contributed by atoms with E-state index in [1.54, 1.807) is 6.20 Å². The predicted molar refractivity (Wildman–Crippen MR) is 83.9 cm³/mol. The van der Waals surface area contributed by atoms with E-state index < -0.39 is 30.0 Å². The molecule has 1 aliphatic rings. The molecule has 1 heterocycles. The first kappa shape index (κ1) is 19.9. The number of nitrogens with zero attached hydrogens (tertiary/aromatic N) is 1. The molecule has 9 heteroatoms. The van der Waals surface area contributed by atoms with Gasteiger partial charge in [0.25, 0.3) is 0 Å². The number of rotatable bonds is 9. The van der Waals surface area contributed by atoms with Crippen LogP contribution in [0.4, 0.5) is 0 Å². The van der Waals surface area contributed by atoms with Crippen molar-refractivity contribution >= 4 is 23.9 Å². The maximum absolute atomic E-state index is 11.7. The van der Waals surface area contributed by atoms with Gasteiger partial charge in [0.05, 0.1) is 20.8 Å². The molecule has 0 saturated heterocycles. The van der Waals surface area contributed by atoms with Crippen LogP contribution in [0.2, 0.25) is 0 Å². The average Bonchev–Trinajstić information content (AvgIpc) is 2.57. The Hall–Kier alpha value is -3.10.